The Morgan fingerprint density at radius 1 is 1.21 bits per heavy atom. The van der Waals surface area contributed by atoms with Crippen molar-refractivity contribution in [2.24, 2.45) is 5.92 Å². The van der Waals surface area contributed by atoms with Crippen molar-refractivity contribution in [3.63, 3.8) is 0 Å². The summed E-state index contributed by atoms with van der Waals surface area (Å²) in [5, 5.41) is 0. The molecule has 0 bridgehead atoms. The molecule has 0 N–H and O–H groups in total. The molecule has 14 heavy (non-hydrogen) atoms. The maximum atomic E-state index is 11.9. The largest absolute Gasteiger partial charge is 0.328 e. The molecule has 1 unspecified atom stereocenters. The Morgan fingerprint density at radius 3 is 2.36 bits per heavy atom. The van der Waals surface area contributed by atoms with Gasteiger partial charge in [-0.25, -0.2) is 0 Å². The number of hydrogen-bond donors (Lipinski definition) is 0. The van der Waals surface area contributed by atoms with Crippen LogP contribution in [0.5, 0.6) is 0 Å². The second-order valence-electron chi connectivity index (χ2n) is 4.49. The first kappa shape index (κ1) is 14.2. The van der Waals surface area contributed by atoms with E-state index in [1.54, 1.807) is 6.66 Å². The first-order valence-electron chi connectivity index (χ1n) is 5.69. The van der Waals surface area contributed by atoms with E-state index in [2.05, 4.69) is 20.8 Å². The van der Waals surface area contributed by atoms with Gasteiger partial charge in [-0.2, -0.15) is 0 Å². The second-order valence-corrected chi connectivity index (χ2v) is 7.22. The molecule has 0 aliphatic heterocycles. The number of hydrogen-bond acceptors (Lipinski definition) is 2. The third-order valence-electron chi connectivity index (χ3n) is 2.10. The summed E-state index contributed by atoms with van der Waals surface area (Å²) in [4.78, 5) is 0. The van der Waals surface area contributed by atoms with Gasteiger partial charge >= 0.3 is 0 Å². The van der Waals surface area contributed by atoms with Crippen molar-refractivity contribution >= 4 is 7.37 Å². The number of rotatable bonds is 8. The molecule has 1 atom stereocenters. The third-order valence-corrected chi connectivity index (χ3v) is 3.92. The van der Waals surface area contributed by atoms with Crippen LogP contribution < -0.4 is 0 Å². The zero-order valence-corrected chi connectivity index (χ0v) is 11.0. The quantitative estimate of drug-likeness (QED) is 0.454. The van der Waals surface area contributed by atoms with Gasteiger partial charge in [0.1, 0.15) is 0 Å². The van der Waals surface area contributed by atoms with Crippen LogP contribution in [0.4, 0.5) is 0 Å². The van der Waals surface area contributed by atoms with E-state index in [9.17, 15) is 4.57 Å². The minimum absolute atomic E-state index is 0.471. The lowest BCUT2D eigenvalue weighted by atomic mass is 10.2. The van der Waals surface area contributed by atoms with Crippen molar-refractivity contribution in [2.45, 2.75) is 46.5 Å². The molecule has 2 nitrogen and oxygen atoms in total. The van der Waals surface area contributed by atoms with E-state index in [-0.39, 0.29) is 0 Å². The van der Waals surface area contributed by atoms with Crippen molar-refractivity contribution in [3.05, 3.63) is 0 Å². The van der Waals surface area contributed by atoms with Crippen molar-refractivity contribution in [1.29, 1.82) is 0 Å². The molecule has 0 aliphatic carbocycles. The summed E-state index contributed by atoms with van der Waals surface area (Å²) in [6.07, 6.45) is 5.43. The molecule has 0 aromatic heterocycles. The molecular formula is C11H25O2P. The van der Waals surface area contributed by atoms with E-state index in [0.717, 1.165) is 12.6 Å². The monoisotopic (exact) mass is 220 g/mol. The lowest BCUT2D eigenvalue weighted by Gasteiger charge is -2.15. The molecule has 0 spiro atoms. The average molecular weight is 220 g/mol. The predicted molar refractivity (Wildman–Crippen MR) is 63.3 cm³/mol. The average Bonchev–Trinajstić information content (AvgIpc) is 2.10. The van der Waals surface area contributed by atoms with Crippen LogP contribution in [0.2, 0.25) is 0 Å². The van der Waals surface area contributed by atoms with Crippen LogP contribution in [-0.4, -0.2) is 19.4 Å². The Hall–Kier alpha value is 0.190. The molecule has 0 fully saturated rings. The van der Waals surface area contributed by atoms with E-state index in [4.69, 9.17) is 4.52 Å². The fraction of sp³-hybridized carbons (Fsp3) is 1.00. The van der Waals surface area contributed by atoms with E-state index < -0.39 is 7.37 Å². The van der Waals surface area contributed by atoms with E-state index in [1.807, 2.05) is 0 Å². The zero-order valence-electron chi connectivity index (χ0n) is 10.1. The Kier molecular flexibility index (Phi) is 7.58. The zero-order chi connectivity index (χ0) is 11.0. The van der Waals surface area contributed by atoms with Crippen LogP contribution in [0.3, 0.4) is 0 Å². The fourth-order valence-electron chi connectivity index (χ4n) is 1.20. The van der Waals surface area contributed by atoms with Crippen molar-refractivity contribution in [2.75, 3.05) is 19.4 Å². The summed E-state index contributed by atoms with van der Waals surface area (Å²) in [7, 11) is -2.29. The molecule has 0 aliphatic rings. The molecule has 0 rings (SSSR count). The molecule has 86 valence electrons. The smallest absolute Gasteiger partial charge is 0.200 e. The second kappa shape index (κ2) is 7.48. The fourth-order valence-corrected chi connectivity index (χ4v) is 2.74. The first-order chi connectivity index (χ1) is 6.48. The Balaban J connectivity index is 3.56. The Morgan fingerprint density at radius 2 is 1.86 bits per heavy atom. The van der Waals surface area contributed by atoms with Crippen LogP contribution >= 0.6 is 7.37 Å². The van der Waals surface area contributed by atoms with Gasteiger partial charge in [0.2, 0.25) is 0 Å². The van der Waals surface area contributed by atoms with Gasteiger partial charge in [-0.15, -0.1) is 0 Å². The maximum Gasteiger partial charge on any atom is 0.200 e. The van der Waals surface area contributed by atoms with Crippen molar-refractivity contribution in [3.8, 4) is 0 Å². The molecule has 0 saturated heterocycles. The highest BCUT2D eigenvalue weighted by Crippen LogP contribution is 2.43. The van der Waals surface area contributed by atoms with E-state index >= 15 is 0 Å². The molecule has 0 heterocycles. The molecule has 0 aromatic carbocycles. The summed E-state index contributed by atoms with van der Waals surface area (Å²) in [6.45, 7) is 8.73. The summed E-state index contributed by atoms with van der Waals surface area (Å²) in [6, 6.07) is 0. The topological polar surface area (TPSA) is 26.3 Å². The summed E-state index contributed by atoms with van der Waals surface area (Å²) in [5.74, 6) is 0.471. The Labute approximate surface area is 88.9 Å². The molecule has 0 radical (unpaired) electrons. The minimum atomic E-state index is -2.29. The molecule has 0 aromatic rings. The minimum Gasteiger partial charge on any atom is -0.328 e. The van der Waals surface area contributed by atoms with Gasteiger partial charge in [0, 0.05) is 12.8 Å². The SMILES string of the molecule is CCCCCCP(C)(=O)OCC(C)C. The van der Waals surface area contributed by atoms with Crippen LogP contribution in [-0.2, 0) is 9.09 Å². The van der Waals surface area contributed by atoms with Gasteiger partial charge in [-0.3, -0.25) is 4.57 Å². The highest BCUT2D eigenvalue weighted by molar-refractivity contribution is 7.58. The van der Waals surface area contributed by atoms with Crippen LogP contribution in [0, 0.1) is 5.92 Å². The van der Waals surface area contributed by atoms with Crippen LogP contribution in [0.15, 0.2) is 0 Å². The summed E-state index contributed by atoms with van der Waals surface area (Å²) in [5.41, 5.74) is 0. The maximum absolute atomic E-state index is 11.9. The first-order valence-corrected chi connectivity index (χ1v) is 7.94. The van der Waals surface area contributed by atoms with Crippen molar-refractivity contribution in [1.82, 2.24) is 0 Å². The van der Waals surface area contributed by atoms with Gasteiger partial charge in [0.15, 0.2) is 7.37 Å². The van der Waals surface area contributed by atoms with Gasteiger partial charge < -0.3 is 4.52 Å². The highest BCUT2D eigenvalue weighted by Gasteiger charge is 2.15. The lowest BCUT2D eigenvalue weighted by molar-refractivity contribution is 0.272. The summed E-state index contributed by atoms with van der Waals surface area (Å²) < 4.78 is 17.3. The van der Waals surface area contributed by atoms with Gasteiger partial charge in [-0.05, 0) is 12.3 Å². The van der Waals surface area contributed by atoms with E-state index in [0.29, 0.717) is 12.5 Å². The molecule has 0 amide bonds. The van der Waals surface area contributed by atoms with Crippen molar-refractivity contribution < 1.29 is 9.09 Å². The third kappa shape index (κ3) is 8.77. The van der Waals surface area contributed by atoms with Gasteiger partial charge in [-0.1, -0.05) is 40.0 Å². The molecule has 0 saturated carbocycles. The molecular weight excluding hydrogens is 195 g/mol. The normalized spacial score (nSPS) is 15.8. The van der Waals surface area contributed by atoms with Gasteiger partial charge in [0.05, 0.1) is 6.61 Å². The predicted octanol–water partition coefficient (Wildman–Crippen LogP) is 4.15. The number of unbranched alkanes of at least 4 members (excludes halogenated alkanes) is 3. The summed E-state index contributed by atoms with van der Waals surface area (Å²) >= 11 is 0. The molecule has 3 heteroatoms. The standard InChI is InChI=1S/C11H25O2P/c1-5-6-7-8-9-14(4,12)13-10-11(2)3/h11H,5-10H2,1-4H3. The van der Waals surface area contributed by atoms with Crippen LogP contribution in [0.1, 0.15) is 46.5 Å². The Bertz CT molecular complexity index is 178. The van der Waals surface area contributed by atoms with Gasteiger partial charge in [0.25, 0.3) is 0 Å². The highest BCUT2D eigenvalue weighted by atomic mass is 31.2. The van der Waals surface area contributed by atoms with E-state index in [1.165, 1.54) is 19.3 Å². The van der Waals surface area contributed by atoms with Crippen LogP contribution in [0.25, 0.3) is 0 Å². The lowest BCUT2D eigenvalue weighted by Crippen LogP contribution is -2.02.